The van der Waals surface area contributed by atoms with Crippen LogP contribution >= 0.6 is 11.6 Å². The van der Waals surface area contributed by atoms with Crippen LogP contribution in [0, 0.1) is 5.82 Å². The number of carbonyl (C=O) groups is 2. The number of nitrogens with one attached hydrogen (secondary N) is 2. The number of aliphatic imine (C=N–C) groups is 1. The van der Waals surface area contributed by atoms with E-state index in [4.69, 9.17) is 21.7 Å². The molecule has 3 N–H and O–H groups in total. The molecule has 0 bridgehead atoms. The Kier molecular flexibility index (Phi) is 8.00. The van der Waals surface area contributed by atoms with Crippen molar-refractivity contribution in [3.63, 3.8) is 0 Å². The van der Waals surface area contributed by atoms with Crippen LogP contribution in [-0.4, -0.2) is 22.7 Å². The Morgan fingerprint density at radius 2 is 1.81 bits per heavy atom. The van der Waals surface area contributed by atoms with Gasteiger partial charge < -0.3 is 15.7 Å². The van der Waals surface area contributed by atoms with Gasteiger partial charge in [-0.3, -0.25) is 14.6 Å². The second-order valence-electron chi connectivity index (χ2n) is 8.81. The molecule has 4 rings (SSSR count). The predicted molar refractivity (Wildman–Crippen MR) is 140 cm³/mol. The molecule has 0 saturated carbocycles. The van der Waals surface area contributed by atoms with E-state index in [1.54, 1.807) is 36.4 Å². The van der Waals surface area contributed by atoms with Gasteiger partial charge in [-0.25, -0.2) is 4.39 Å². The maximum atomic E-state index is 13.5. The van der Waals surface area contributed by atoms with Crippen molar-refractivity contribution in [1.29, 1.82) is 0 Å². The standard InChI is InChI=1S/C28H27ClFN3O3/c1-17(18-6-11-21(29)12-7-18)31-28(36)20-10-15-23-25(16-20)32-24(4-2-3-5-26(34)35)27(33-23)19-8-13-22(30)14-9-19/h6-17,27,33H,2-5H2,1H3,(H,31,36)(H,34,35). The number of hydrogen-bond donors (Lipinski definition) is 3. The molecule has 0 radical (unpaired) electrons. The number of anilines is 1. The summed E-state index contributed by atoms with van der Waals surface area (Å²) in [5.41, 5.74) is 4.49. The van der Waals surface area contributed by atoms with Crippen LogP contribution in [0.1, 0.15) is 66.2 Å². The van der Waals surface area contributed by atoms with E-state index >= 15 is 0 Å². The van der Waals surface area contributed by atoms with Crippen LogP contribution in [0.5, 0.6) is 0 Å². The van der Waals surface area contributed by atoms with E-state index in [0.717, 1.165) is 22.5 Å². The monoisotopic (exact) mass is 507 g/mol. The van der Waals surface area contributed by atoms with Crippen LogP contribution < -0.4 is 10.6 Å². The lowest BCUT2D eigenvalue weighted by atomic mass is 9.95. The minimum atomic E-state index is -0.831. The number of halogens is 2. The van der Waals surface area contributed by atoms with Gasteiger partial charge >= 0.3 is 5.97 Å². The molecule has 6 nitrogen and oxygen atoms in total. The molecule has 1 aliphatic rings. The first-order valence-corrected chi connectivity index (χ1v) is 12.2. The number of carboxylic acids is 1. The second-order valence-corrected chi connectivity index (χ2v) is 9.25. The van der Waals surface area contributed by atoms with Crippen LogP contribution in [0.3, 0.4) is 0 Å². The molecule has 0 saturated heterocycles. The highest BCUT2D eigenvalue weighted by Gasteiger charge is 2.25. The fourth-order valence-electron chi connectivity index (χ4n) is 4.17. The van der Waals surface area contributed by atoms with Crippen LogP contribution in [0.2, 0.25) is 5.02 Å². The van der Waals surface area contributed by atoms with Crippen molar-refractivity contribution < 1.29 is 19.1 Å². The first-order chi connectivity index (χ1) is 17.3. The van der Waals surface area contributed by atoms with Crippen molar-refractivity contribution in [2.24, 2.45) is 4.99 Å². The highest BCUT2D eigenvalue weighted by molar-refractivity contribution is 6.30. The van der Waals surface area contributed by atoms with Crippen molar-refractivity contribution in [2.75, 3.05) is 5.32 Å². The van der Waals surface area contributed by atoms with Crippen molar-refractivity contribution in [1.82, 2.24) is 5.32 Å². The summed E-state index contributed by atoms with van der Waals surface area (Å²) in [6.07, 6.45) is 1.85. The molecule has 1 amide bonds. The normalized spacial score (nSPS) is 15.3. The Morgan fingerprint density at radius 1 is 1.08 bits per heavy atom. The van der Waals surface area contributed by atoms with Crippen LogP contribution in [0.15, 0.2) is 71.7 Å². The Bertz CT molecular complexity index is 1280. The summed E-state index contributed by atoms with van der Waals surface area (Å²) in [7, 11) is 0. The number of hydrogen-bond acceptors (Lipinski definition) is 4. The summed E-state index contributed by atoms with van der Waals surface area (Å²) >= 11 is 5.96. The quantitative estimate of drug-likeness (QED) is 0.276. The van der Waals surface area contributed by atoms with Crippen LogP contribution in [0.25, 0.3) is 0 Å². The summed E-state index contributed by atoms with van der Waals surface area (Å²) in [6.45, 7) is 1.90. The molecule has 0 fully saturated rings. The largest absolute Gasteiger partial charge is 0.481 e. The molecule has 36 heavy (non-hydrogen) atoms. The Labute approximate surface area is 214 Å². The molecule has 0 aromatic heterocycles. The van der Waals surface area contributed by atoms with Crippen molar-refractivity contribution >= 4 is 40.6 Å². The molecule has 1 heterocycles. The zero-order valence-electron chi connectivity index (χ0n) is 19.8. The Hall–Kier alpha value is -3.71. The highest BCUT2D eigenvalue weighted by Crippen LogP contribution is 2.37. The highest BCUT2D eigenvalue weighted by atomic mass is 35.5. The summed E-state index contributed by atoms with van der Waals surface area (Å²) in [5.74, 6) is -1.37. The molecule has 3 aromatic carbocycles. The Morgan fingerprint density at radius 3 is 2.50 bits per heavy atom. The van der Waals surface area contributed by atoms with Gasteiger partial charge in [0.05, 0.1) is 23.5 Å². The molecule has 2 atom stereocenters. The molecular formula is C28H27ClFN3O3. The molecule has 8 heteroatoms. The number of nitrogens with zero attached hydrogens (tertiary/aromatic N) is 1. The number of amides is 1. The minimum absolute atomic E-state index is 0.0919. The van der Waals surface area contributed by atoms with Gasteiger partial charge in [-0.05, 0) is 79.8 Å². The van der Waals surface area contributed by atoms with Crippen molar-refractivity contribution in [3.05, 3.63) is 94.3 Å². The smallest absolute Gasteiger partial charge is 0.303 e. The third kappa shape index (κ3) is 6.29. The average Bonchev–Trinajstić information content (AvgIpc) is 2.86. The molecule has 186 valence electrons. The van der Waals surface area contributed by atoms with E-state index < -0.39 is 5.97 Å². The van der Waals surface area contributed by atoms with E-state index in [0.29, 0.717) is 35.5 Å². The third-order valence-corrected chi connectivity index (χ3v) is 6.40. The van der Waals surface area contributed by atoms with Crippen molar-refractivity contribution in [2.45, 2.75) is 44.7 Å². The number of carbonyl (C=O) groups excluding carboxylic acids is 1. The molecule has 0 aliphatic carbocycles. The number of unbranched alkanes of at least 4 members (excludes halogenated alkanes) is 1. The number of aliphatic carboxylic acids is 1. The van der Waals surface area contributed by atoms with Gasteiger partial charge in [0.2, 0.25) is 0 Å². The van der Waals surface area contributed by atoms with E-state index in [1.165, 1.54) is 12.1 Å². The minimum Gasteiger partial charge on any atom is -0.481 e. The summed E-state index contributed by atoms with van der Waals surface area (Å²) in [6, 6.07) is 18.4. The topological polar surface area (TPSA) is 90.8 Å². The SMILES string of the molecule is CC(NC(=O)c1ccc2c(c1)N=C(CCCCC(=O)O)C(c1ccc(F)cc1)N2)c1ccc(Cl)cc1. The van der Waals surface area contributed by atoms with Gasteiger partial charge in [0.25, 0.3) is 5.91 Å². The lowest BCUT2D eigenvalue weighted by Crippen LogP contribution is -2.27. The fourth-order valence-corrected chi connectivity index (χ4v) is 4.30. The molecule has 1 aliphatic heterocycles. The summed E-state index contributed by atoms with van der Waals surface area (Å²) < 4.78 is 13.5. The van der Waals surface area contributed by atoms with E-state index in [-0.39, 0.29) is 30.2 Å². The van der Waals surface area contributed by atoms with Gasteiger partial charge in [-0.1, -0.05) is 35.9 Å². The predicted octanol–water partition coefficient (Wildman–Crippen LogP) is 6.85. The van der Waals surface area contributed by atoms with Gasteiger partial charge in [-0.15, -0.1) is 0 Å². The lowest BCUT2D eigenvalue weighted by Gasteiger charge is -2.28. The average molecular weight is 508 g/mol. The van der Waals surface area contributed by atoms with Gasteiger partial charge in [-0.2, -0.15) is 0 Å². The first-order valence-electron chi connectivity index (χ1n) is 11.8. The van der Waals surface area contributed by atoms with Gasteiger partial charge in [0.15, 0.2) is 0 Å². The number of fused-ring (bicyclic) bond motifs is 1. The zero-order chi connectivity index (χ0) is 25.7. The first kappa shape index (κ1) is 25.4. The zero-order valence-corrected chi connectivity index (χ0v) is 20.6. The maximum Gasteiger partial charge on any atom is 0.303 e. The number of carboxylic acid groups (broad SMARTS) is 1. The summed E-state index contributed by atoms with van der Waals surface area (Å²) in [4.78, 5) is 28.7. The summed E-state index contributed by atoms with van der Waals surface area (Å²) in [5, 5.41) is 16.0. The fraction of sp³-hybridized carbons (Fsp3) is 0.250. The van der Waals surface area contributed by atoms with Crippen molar-refractivity contribution in [3.8, 4) is 0 Å². The van der Waals surface area contributed by atoms with Crippen LogP contribution in [-0.2, 0) is 4.79 Å². The molecule has 3 aromatic rings. The third-order valence-electron chi connectivity index (χ3n) is 6.15. The van der Waals surface area contributed by atoms with E-state index in [9.17, 15) is 14.0 Å². The van der Waals surface area contributed by atoms with Gasteiger partial charge in [0, 0.05) is 22.7 Å². The number of benzene rings is 3. The molecule has 0 spiro atoms. The lowest BCUT2D eigenvalue weighted by molar-refractivity contribution is -0.137. The van der Waals surface area contributed by atoms with E-state index in [1.807, 2.05) is 25.1 Å². The molecular weight excluding hydrogens is 481 g/mol. The Balaban J connectivity index is 1.55. The van der Waals surface area contributed by atoms with Gasteiger partial charge in [0.1, 0.15) is 5.82 Å². The number of rotatable bonds is 9. The van der Waals surface area contributed by atoms with Crippen LogP contribution in [0.4, 0.5) is 15.8 Å². The molecule has 2 unspecified atom stereocenters. The van der Waals surface area contributed by atoms with E-state index in [2.05, 4.69) is 10.6 Å². The second kappa shape index (κ2) is 11.4. The maximum absolute atomic E-state index is 13.5.